The molecule has 0 aliphatic rings. The van der Waals surface area contributed by atoms with Gasteiger partial charge in [0.15, 0.2) is 0 Å². The van der Waals surface area contributed by atoms with Crippen LogP contribution in [0.2, 0.25) is 0 Å². The van der Waals surface area contributed by atoms with Gasteiger partial charge in [0.05, 0.1) is 30.8 Å². The first-order chi connectivity index (χ1) is 15.4. The van der Waals surface area contributed by atoms with E-state index in [1.54, 1.807) is 14.2 Å². The van der Waals surface area contributed by atoms with E-state index < -0.39 is 0 Å². The van der Waals surface area contributed by atoms with Crippen LogP contribution in [-0.4, -0.2) is 32.2 Å². The maximum Gasteiger partial charge on any atom is 0.118 e. The van der Waals surface area contributed by atoms with Crippen LogP contribution in [0.15, 0.2) is 75.9 Å². The van der Waals surface area contributed by atoms with Gasteiger partial charge in [0.2, 0.25) is 0 Å². The van der Waals surface area contributed by atoms with E-state index in [1.807, 2.05) is 68.5 Å². The molecule has 0 atom stereocenters. The van der Waals surface area contributed by atoms with Crippen LogP contribution in [0.1, 0.15) is 38.3 Å². The van der Waals surface area contributed by atoms with E-state index in [1.165, 1.54) is 0 Å². The standard InChI is InChI=1S/C26H32ClN3O2/c1-6-18(2)24(27)15-21(17-31-4)30-19(3)26(28)23-9-7-8-10-25(23)29-16-20-11-13-22(32-5)14-12-20/h7-15,28-29H,6,16-17H2,1-5H3/b21-15-,24-18?,28-26?,30-19?. The number of hydrogen-bond acceptors (Lipinski definition) is 5. The lowest BCUT2D eigenvalue weighted by molar-refractivity contribution is 0.225. The number of anilines is 1. The van der Waals surface area contributed by atoms with Crippen molar-refractivity contribution in [1.29, 1.82) is 5.41 Å². The molecule has 0 unspecified atom stereocenters. The third-order valence-electron chi connectivity index (χ3n) is 5.04. The fraction of sp³-hybridized carbons (Fsp3) is 0.308. The SMILES string of the molecule is CCC(C)=C(Cl)/C=C(/COC)N=C(C)C(=N)c1ccccc1NCc1ccc(OC)cc1. The molecule has 170 valence electrons. The lowest BCUT2D eigenvalue weighted by atomic mass is 10.0. The highest BCUT2D eigenvalue weighted by atomic mass is 35.5. The zero-order valence-corrected chi connectivity index (χ0v) is 20.2. The van der Waals surface area contributed by atoms with Gasteiger partial charge in [0.1, 0.15) is 5.75 Å². The zero-order chi connectivity index (χ0) is 23.5. The van der Waals surface area contributed by atoms with E-state index >= 15 is 0 Å². The smallest absolute Gasteiger partial charge is 0.118 e. The Balaban J connectivity index is 2.24. The van der Waals surface area contributed by atoms with Crippen molar-refractivity contribution in [3.8, 4) is 5.75 Å². The number of aliphatic imine (C=N–C) groups is 1. The van der Waals surface area contributed by atoms with Crippen LogP contribution < -0.4 is 10.1 Å². The molecule has 2 rings (SSSR count). The van der Waals surface area contributed by atoms with Crippen molar-refractivity contribution >= 4 is 28.7 Å². The Morgan fingerprint density at radius 1 is 1.09 bits per heavy atom. The molecule has 0 bridgehead atoms. The topological polar surface area (TPSA) is 66.7 Å². The number of allylic oxidation sites excluding steroid dienone is 3. The Labute approximate surface area is 196 Å². The molecular weight excluding hydrogens is 422 g/mol. The number of nitrogens with zero attached hydrogens (tertiary/aromatic N) is 1. The third-order valence-corrected chi connectivity index (χ3v) is 5.47. The van der Waals surface area contributed by atoms with Crippen molar-refractivity contribution in [1.82, 2.24) is 0 Å². The first-order valence-corrected chi connectivity index (χ1v) is 10.9. The lowest BCUT2D eigenvalue weighted by Crippen LogP contribution is -2.14. The summed E-state index contributed by atoms with van der Waals surface area (Å²) in [4.78, 5) is 4.65. The first kappa shape index (κ1) is 25.4. The monoisotopic (exact) mass is 453 g/mol. The number of para-hydroxylation sites is 1. The normalized spacial score (nSPS) is 12.9. The summed E-state index contributed by atoms with van der Waals surface area (Å²) in [5.74, 6) is 0.826. The molecule has 0 amide bonds. The summed E-state index contributed by atoms with van der Waals surface area (Å²) in [5.41, 5.74) is 5.47. The summed E-state index contributed by atoms with van der Waals surface area (Å²) in [7, 11) is 3.27. The quantitative estimate of drug-likeness (QED) is 0.298. The zero-order valence-electron chi connectivity index (χ0n) is 19.5. The molecule has 0 saturated heterocycles. The number of hydrogen-bond donors (Lipinski definition) is 2. The molecule has 2 aromatic rings. The second-order valence-corrected chi connectivity index (χ2v) is 7.78. The summed E-state index contributed by atoms with van der Waals surface area (Å²) in [6.45, 7) is 6.83. The first-order valence-electron chi connectivity index (χ1n) is 10.5. The molecule has 0 aliphatic carbocycles. The van der Waals surface area contributed by atoms with Crippen LogP contribution in [0.4, 0.5) is 5.69 Å². The van der Waals surface area contributed by atoms with Crippen molar-refractivity contribution in [2.45, 2.75) is 33.7 Å². The van der Waals surface area contributed by atoms with E-state index in [2.05, 4.69) is 17.2 Å². The summed E-state index contributed by atoms with van der Waals surface area (Å²) < 4.78 is 10.5. The fourth-order valence-corrected chi connectivity index (χ4v) is 3.21. The highest BCUT2D eigenvalue weighted by Crippen LogP contribution is 2.20. The van der Waals surface area contributed by atoms with Gasteiger partial charge in [-0.05, 0) is 50.1 Å². The summed E-state index contributed by atoms with van der Waals surface area (Å²) in [6.07, 6.45) is 2.68. The Bertz CT molecular complexity index is 1010. The van der Waals surface area contributed by atoms with Crippen LogP contribution >= 0.6 is 11.6 Å². The molecule has 0 fully saturated rings. The molecule has 0 heterocycles. The van der Waals surface area contributed by atoms with Gasteiger partial charge in [-0.3, -0.25) is 10.4 Å². The van der Waals surface area contributed by atoms with E-state index in [0.717, 1.165) is 34.6 Å². The average Bonchev–Trinajstić information content (AvgIpc) is 2.82. The van der Waals surface area contributed by atoms with Crippen molar-refractivity contribution < 1.29 is 9.47 Å². The van der Waals surface area contributed by atoms with Gasteiger partial charge in [-0.2, -0.15) is 0 Å². The molecule has 0 spiro atoms. The molecule has 5 nitrogen and oxygen atoms in total. The minimum Gasteiger partial charge on any atom is -0.497 e. The summed E-state index contributed by atoms with van der Waals surface area (Å²) >= 11 is 6.39. The van der Waals surface area contributed by atoms with Crippen LogP contribution in [0.25, 0.3) is 0 Å². The van der Waals surface area contributed by atoms with Crippen LogP contribution in [-0.2, 0) is 11.3 Å². The van der Waals surface area contributed by atoms with Crippen molar-refractivity contribution in [2.75, 3.05) is 26.1 Å². The number of rotatable bonds is 11. The number of methoxy groups -OCH3 is 2. The van der Waals surface area contributed by atoms with Gasteiger partial charge in [-0.1, -0.05) is 54.4 Å². The maximum atomic E-state index is 8.74. The molecule has 0 radical (unpaired) electrons. The molecular formula is C26H32ClN3O2. The van der Waals surface area contributed by atoms with Gasteiger partial charge in [0.25, 0.3) is 0 Å². The predicted molar refractivity (Wildman–Crippen MR) is 136 cm³/mol. The van der Waals surface area contributed by atoms with Gasteiger partial charge in [-0.15, -0.1) is 0 Å². The Morgan fingerprint density at radius 2 is 1.78 bits per heavy atom. The Morgan fingerprint density at radius 3 is 2.41 bits per heavy atom. The van der Waals surface area contributed by atoms with Gasteiger partial charge in [-0.25, -0.2) is 0 Å². The largest absolute Gasteiger partial charge is 0.497 e. The van der Waals surface area contributed by atoms with E-state index in [4.69, 9.17) is 26.5 Å². The maximum absolute atomic E-state index is 8.74. The molecule has 2 N–H and O–H groups in total. The van der Waals surface area contributed by atoms with Gasteiger partial charge in [0, 0.05) is 29.9 Å². The third kappa shape index (κ3) is 7.36. The van der Waals surface area contributed by atoms with Crippen LogP contribution in [0.5, 0.6) is 5.75 Å². The Hall–Kier alpha value is -2.89. The average molecular weight is 454 g/mol. The number of ether oxygens (including phenoxy) is 2. The van der Waals surface area contributed by atoms with E-state index in [9.17, 15) is 0 Å². The molecule has 2 aromatic carbocycles. The minimum atomic E-state index is 0.315. The lowest BCUT2D eigenvalue weighted by Gasteiger charge is -2.14. The van der Waals surface area contributed by atoms with E-state index in [0.29, 0.717) is 35.3 Å². The fourth-order valence-electron chi connectivity index (χ4n) is 2.95. The molecule has 0 saturated carbocycles. The van der Waals surface area contributed by atoms with Gasteiger partial charge < -0.3 is 14.8 Å². The number of benzene rings is 2. The Kier molecular flexibility index (Phi) is 10.2. The molecule has 6 heteroatoms. The predicted octanol–water partition coefficient (Wildman–Crippen LogP) is 6.59. The molecule has 0 aromatic heterocycles. The summed E-state index contributed by atoms with van der Waals surface area (Å²) in [5, 5.41) is 12.8. The van der Waals surface area contributed by atoms with Crippen molar-refractivity contribution in [3.63, 3.8) is 0 Å². The highest BCUT2D eigenvalue weighted by Gasteiger charge is 2.11. The minimum absolute atomic E-state index is 0.315. The van der Waals surface area contributed by atoms with Crippen molar-refractivity contribution in [3.05, 3.63) is 82.0 Å². The molecule has 32 heavy (non-hydrogen) atoms. The van der Waals surface area contributed by atoms with Crippen molar-refractivity contribution in [2.24, 2.45) is 4.99 Å². The number of nitrogens with one attached hydrogen (secondary N) is 2. The second-order valence-electron chi connectivity index (χ2n) is 7.37. The molecule has 0 aliphatic heterocycles. The highest BCUT2D eigenvalue weighted by molar-refractivity contribution is 6.47. The second kappa shape index (κ2) is 12.8. The van der Waals surface area contributed by atoms with Crippen LogP contribution in [0.3, 0.4) is 0 Å². The van der Waals surface area contributed by atoms with Crippen LogP contribution in [0, 0.1) is 5.41 Å². The number of halogens is 1. The summed E-state index contributed by atoms with van der Waals surface area (Å²) in [6, 6.07) is 15.7. The van der Waals surface area contributed by atoms with Gasteiger partial charge >= 0.3 is 0 Å². The van der Waals surface area contributed by atoms with E-state index in [-0.39, 0.29) is 0 Å².